The van der Waals surface area contributed by atoms with Gasteiger partial charge in [-0.3, -0.25) is 4.48 Å². The van der Waals surface area contributed by atoms with Crippen molar-refractivity contribution in [2.45, 2.75) is 0 Å². The first-order valence-electron chi connectivity index (χ1n) is 5.26. The van der Waals surface area contributed by atoms with Crippen LogP contribution in [0.15, 0.2) is 30.3 Å². The van der Waals surface area contributed by atoms with Gasteiger partial charge in [-0.25, -0.2) is 0 Å². The van der Waals surface area contributed by atoms with E-state index in [4.69, 9.17) is 0 Å². The average molecular weight is 370 g/mol. The lowest BCUT2D eigenvalue weighted by molar-refractivity contribution is -0.849. The zero-order chi connectivity index (χ0) is 12.1. The molecule has 0 aliphatic carbocycles. The summed E-state index contributed by atoms with van der Waals surface area (Å²) >= 11 is 0. The highest BCUT2D eigenvalue weighted by molar-refractivity contribution is 5.40. The Balaban J connectivity index is -0.000000247. The van der Waals surface area contributed by atoms with E-state index in [0.717, 1.165) is 8.97 Å². The Kier molecular flexibility index (Phi) is 11.9. The number of hydrogen-bond acceptors (Lipinski definition) is 0. The van der Waals surface area contributed by atoms with Crippen molar-refractivity contribution in [3.05, 3.63) is 30.3 Å². The molecule has 0 heterocycles. The van der Waals surface area contributed by atoms with Crippen molar-refractivity contribution in [2.75, 3.05) is 49.3 Å². The van der Waals surface area contributed by atoms with E-state index in [1.165, 1.54) is 5.69 Å². The van der Waals surface area contributed by atoms with Gasteiger partial charge in [-0.05, 0) is 12.1 Å². The summed E-state index contributed by atoms with van der Waals surface area (Å²) in [6.45, 7) is 0. The van der Waals surface area contributed by atoms with Crippen molar-refractivity contribution < 1.29 is 38.4 Å². The van der Waals surface area contributed by atoms with Gasteiger partial charge >= 0.3 is 0 Å². The molecule has 0 spiro atoms. The maximum atomic E-state index is 2.16. The van der Waals surface area contributed by atoms with Crippen LogP contribution in [0.5, 0.6) is 0 Å². The number of halogens is 2. The fourth-order valence-corrected chi connectivity index (χ4v) is 0.875. The maximum Gasteiger partial charge on any atom is 0.132 e. The van der Waals surface area contributed by atoms with Crippen LogP contribution in [0.25, 0.3) is 0 Å². The van der Waals surface area contributed by atoms with Crippen molar-refractivity contribution in [3.8, 4) is 0 Å². The van der Waals surface area contributed by atoms with Crippen LogP contribution in [0.4, 0.5) is 5.69 Å². The number of benzene rings is 1. The van der Waals surface area contributed by atoms with E-state index >= 15 is 0 Å². The molecule has 0 atom stereocenters. The molecule has 0 unspecified atom stereocenters. The molecule has 0 aliphatic rings. The van der Waals surface area contributed by atoms with Gasteiger partial charge in [-0.2, -0.15) is 0 Å². The third kappa shape index (κ3) is 16.1. The highest BCUT2D eigenvalue weighted by atomic mass is 79.9. The topological polar surface area (TPSA) is 0 Å². The van der Waals surface area contributed by atoms with Gasteiger partial charge in [0.05, 0.1) is 49.3 Å². The zero-order valence-electron chi connectivity index (χ0n) is 12.0. The van der Waals surface area contributed by atoms with Gasteiger partial charge in [0.1, 0.15) is 5.69 Å². The summed E-state index contributed by atoms with van der Waals surface area (Å²) < 4.78 is 1.89. The third-order valence-corrected chi connectivity index (χ3v) is 1.53. The zero-order valence-corrected chi connectivity index (χ0v) is 15.2. The highest BCUT2D eigenvalue weighted by Crippen LogP contribution is 2.14. The van der Waals surface area contributed by atoms with Crippen LogP contribution in [0.2, 0.25) is 0 Å². The Morgan fingerprint density at radius 3 is 1.12 bits per heavy atom. The lowest BCUT2D eigenvalue weighted by Crippen LogP contribution is -3.00. The first-order valence-corrected chi connectivity index (χ1v) is 5.26. The summed E-state index contributed by atoms with van der Waals surface area (Å²) in [5, 5.41) is 0. The molecule has 0 aromatic heterocycles. The molecule has 0 amide bonds. The minimum absolute atomic E-state index is 0. The molecule has 0 fully saturated rings. The summed E-state index contributed by atoms with van der Waals surface area (Å²) in [7, 11) is 15.0. The Morgan fingerprint density at radius 1 is 0.647 bits per heavy atom. The second-order valence-electron chi connectivity index (χ2n) is 6.03. The van der Waals surface area contributed by atoms with Crippen LogP contribution in [-0.4, -0.2) is 53.8 Å². The highest BCUT2D eigenvalue weighted by Gasteiger charge is 2.08. The molecule has 0 saturated carbocycles. The predicted molar refractivity (Wildman–Crippen MR) is 70.0 cm³/mol. The van der Waals surface area contributed by atoms with Gasteiger partial charge in [-0.15, -0.1) is 0 Å². The fourth-order valence-electron chi connectivity index (χ4n) is 0.875. The number of rotatable bonds is 1. The van der Waals surface area contributed by atoms with Gasteiger partial charge in [0, 0.05) is 0 Å². The van der Waals surface area contributed by atoms with E-state index in [-0.39, 0.29) is 34.0 Å². The molecule has 0 radical (unpaired) electrons. The Bertz CT molecular complexity index is 268. The van der Waals surface area contributed by atoms with Gasteiger partial charge < -0.3 is 38.4 Å². The molecule has 0 saturated heterocycles. The molecule has 4 heteroatoms. The molecule has 0 aliphatic heterocycles. The molecule has 1 rings (SSSR count). The number of quaternary nitrogens is 2. The first-order chi connectivity index (χ1) is 6.61. The molecular weight excluding hydrogens is 344 g/mol. The normalized spacial score (nSPS) is 10.3. The Labute approximate surface area is 128 Å². The monoisotopic (exact) mass is 368 g/mol. The minimum Gasteiger partial charge on any atom is -1.00 e. The maximum absolute atomic E-state index is 2.16. The largest absolute Gasteiger partial charge is 1.00 e. The van der Waals surface area contributed by atoms with Crippen LogP contribution < -0.4 is 38.4 Å². The van der Waals surface area contributed by atoms with Crippen LogP contribution in [0.3, 0.4) is 0 Å². The minimum atomic E-state index is 0. The molecule has 1 aromatic carbocycles. The van der Waals surface area contributed by atoms with Crippen molar-refractivity contribution in [1.82, 2.24) is 4.48 Å². The molecule has 0 bridgehead atoms. The molecule has 0 N–H and O–H groups in total. The van der Waals surface area contributed by atoms with Crippen molar-refractivity contribution in [3.63, 3.8) is 0 Å². The molecular formula is C13H26Br2N2. The van der Waals surface area contributed by atoms with Crippen LogP contribution in [0.1, 0.15) is 0 Å². The Morgan fingerprint density at radius 2 is 0.941 bits per heavy atom. The molecule has 102 valence electrons. The van der Waals surface area contributed by atoms with Crippen LogP contribution in [0, 0.1) is 0 Å². The van der Waals surface area contributed by atoms with Crippen LogP contribution in [-0.2, 0) is 0 Å². The lowest BCUT2D eigenvalue weighted by atomic mass is 10.3. The molecule has 2 nitrogen and oxygen atoms in total. The predicted octanol–water partition coefficient (Wildman–Crippen LogP) is -3.79. The average Bonchev–Trinajstić information content (AvgIpc) is 2.01. The van der Waals surface area contributed by atoms with E-state index in [1.807, 2.05) is 6.07 Å². The molecule has 1 aromatic rings. The van der Waals surface area contributed by atoms with E-state index in [1.54, 1.807) is 0 Å². The smallest absolute Gasteiger partial charge is 0.132 e. The second kappa shape index (κ2) is 9.09. The summed E-state index contributed by atoms with van der Waals surface area (Å²) in [5.74, 6) is 0. The second-order valence-corrected chi connectivity index (χ2v) is 6.03. The third-order valence-electron chi connectivity index (χ3n) is 1.53. The Hall–Kier alpha value is 0.1000. The van der Waals surface area contributed by atoms with Gasteiger partial charge in [0.2, 0.25) is 0 Å². The van der Waals surface area contributed by atoms with Gasteiger partial charge in [0.25, 0.3) is 0 Å². The van der Waals surface area contributed by atoms with Crippen molar-refractivity contribution >= 4 is 5.69 Å². The first kappa shape index (κ1) is 22.3. The lowest BCUT2D eigenvalue weighted by Gasteiger charge is -2.22. The number of nitrogens with zero attached hydrogens (tertiary/aromatic N) is 2. The van der Waals surface area contributed by atoms with Crippen molar-refractivity contribution in [1.29, 1.82) is 0 Å². The van der Waals surface area contributed by atoms with E-state index in [0.29, 0.717) is 0 Å². The van der Waals surface area contributed by atoms with Crippen molar-refractivity contribution in [2.24, 2.45) is 0 Å². The van der Waals surface area contributed by atoms with Gasteiger partial charge in [-0.1, -0.05) is 18.2 Å². The van der Waals surface area contributed by atoms with E-state index < -0.39 is 0 Å². The summed E-state index contributed by atoms with van der Waals surface area (Å²) in [6, 6.07) is 10.5. The van der Waals surface area contributed by atoms with E-state index in [2.05, 4.69) is 73.6 Å². The van der Waals surface area contributed by atoms with E-state index in [9.17, 15) is 0 Å². The summed E-state index contributed by atoms with van der Waals surface area (Å²) in [6.07, 6.45) is 0. The quantitative estimate of drug-likeness (QED) is 0.446. The summed E-state index contributed by atoms with van der Waals surface area (Å²) in [5.41, 5.74) is 1.34. The van der Waals surface area contributed by atoms with Crippen LogP contribution >= 0.6 is 0 Å². The summed E-state index contributed by atoms with van der Waals surface area (Å²) in [4.78, 5) is 0. The van der Waals surface area contributed by atoms with Gasteiger partial charge in [0.15, 0.2) is 0 Å². The number of para-hydroxylation sites is 1. The standard InChI is InChI=1S/C9H14N.C4H12N.2BrH/c1-10(2,3)9-7-5-4-6-8-9;1-5(2,3)4;;/h4-8H,1-3H3;1-4H3;2*1H/q2*+1;;/p-2. The fraction of sp³-hybridized carbons (Fsp3) is 0.538. The number of hydrogen-bond donors (Lipinski definition) is 0. The molecule has 17 heavy (non-hydrogen) atoms. The SMILES string of the molecule is C[N+](C)(C)C.C[N+](C)(C)c1ccccc1.[Br-].[Br-].